The maximum absolute atomic E-state index is 13.5. The van der Waals surface area contributed by atoms with E-state index in [1.54, 1.807) is 0 Å². The van der Waals surface area contributed by atoms with Gasteiger partial charge in [-0.25, -0.2) is 13.6 Å². The van der Waals surface area contributed by atoms with Crippen LogP contribution in [0, 0.1) is 11.8 Å². The van der Waals surface area contributed by atoms with Crippen molar-refractivity contribution in [1.82, 2.24) is 15.4 Å². The first kappa shape index (κ1) is 23.2. The minimum absolute atomic E-state index is 0.0330. The Kier molecular flexibility index (Phi) is 6.31. The van der Waals surface area contributed by atoms with E-state index < -0.39 is 12.0 Å². The molecule has 9 heteroatoms. The number of nitrogens with one attached hydrogen (secondary N) is 1. The lowest BCUT2D eigenvalue weighted by Gasteiger charge is -2.41. The van der Waals surface area contributed by atoms with Gasteiger partial charge in [0.1, 0.15) is 0 Å². The molecule has 0 spiro atoms. The Morgan fingerprint density at radius 1 is 1.15 bits per heavy atom. The van der Waals surface area contributed by atoms with Gasteiger partial charge in [0.25, 0.3) is 0 Å². The SMILES string of the molecule is C[C@H]1C[C@@H](Cc2ccc3onc(N4CCC(=O)NC4=O)c3c2)CCN1CC1CCC(F)(F)CC1. The van der Waals surface area contributed by atoms with E-state index in [1.165, 1.54) is 10.5 Å². The Hall–Kier alpha value is -2.55. The van der Waals surface area contributed by atoms with Crippen molar-refractivity contribution in [2.75, 3.05) is 24.5 Å². The second-order valence-electron chi connectivity index (χ2n) is 10.3. The predicted molar refractivity (Wildman–Crippen MR) is 124 cm³/mol. The Labute approximate surface area is 197 Å². The van der Waals surface area contributed by atoms with Crippen LogP contribution in [0.3, 0.4) is 0 Å². The number of piperidine rings is 1. The normalized spacial score (nSPS) is 26.7. The van der Waals surface area contributed by atoms with Crippen LogP contribution in [0.2, 0.25) is 0 Å². The molecule has 2 atom stereocenters. The highest BCUT2D eigenvalue weighted by Crippen LogP contribution is 2.38. The van der Waals surface area contributed by atoms with Crippen molar-refractivity contribution in [1.29, 1.82) is 0 Å². The number of amides is 3. The average molecular weight is 475 g/mol. The summed E-state index contributed by atoms with van der Waals surface area (Å²) < 4.78 is 32.4. The number of benzene rings is 1. The van der Waals surface area contributed by atoms with Gasteiger partial charge in [0.2, 0.25) is 11.8 Å². The summed E-state index contributed by atoms with van der Waals surface area (Å²) in [5, 5.41) is 7.20. The zero-order chi connectivity index (χ0) is 23.9. The van der Waals surface area contributed by atoms with Gasteiger partial charge in [-0.1, -0.05) is 11.2 Å². The van der Waals surface area contributed by atoms with Crippen molar-refractivity contribution in [3.05, 3.63) is 23.8 Å². The molecule has 1 aromatic heterocycles. The summed E-state index contributed by atoms with van der Waals surface area (Å²) in [5.41, 5.74) is 1.79. The first-order valence-electron chi connectivity index (χ1n) is 12.4. The fourth-order valence-electron chi connectivity index (χ4n) is 5.78. The largest absolute Gasteiger partial charge is 0.354 e. The van der Waals surface area contributed by atoms with Gasteiger partial charge in [-0.3, -0.25) is 15.0 Å². The van der Waals surface area contributed by atoms with Crippen molar-refractivity contribution in [2.45, 2.75) is 70.3 Å². The number of hydrogen-bond acceptors (Lipinski definition) is 5. The van der Waals surface area contributed by atoms with E-state index in [2.05, 4.69) is 28.4 Å². The molecule has 1 saturated carbocycles. The van der Waals surface area contributed by atoms with Crippen LogP contribution in [0.25, 0.3) is 11.0 Å². The van der Waals surface area contributed by atoms with E-state index in [1.807, 2.05) is 12.1 Å². The minimum atomic E-state index is -2.46. The summed E-state index contributed by atoms with van der Waals surface area (Å²) in [4.78, 5) is 27.7. The number of nitrogens with zero attached hydrogens (tertiary/aromatic N) is 3. The molecule has 7 nitrogen and oxygen atoms in total. The van der Waals surface area contributed by atoms with Crippen molar-refractivity contribution in [2.24, 2.45) is 11.8 Å². The van der Waals surface area contributed by atoms with Crippen LogP contribution in [0.4, 0.5) is 19.4 Å². The predicted octanol–water partition coefficient (Wildman–Crippen LogP) is 4.74. The molecule has 0 unspecified atom stereocenters. The van der Waals surface area contributed by atoms with E-state index in [4.69, 9.17) is 4.52 Å². The van der Waals surface area contributed by atoms with Gasteiger partial charge >= 0.3 is 6.03 Å². The quantitative estimate of drug-likeness (QED) is 0.677. The standard InChI is InChI=1S/C25H32F2N4O3/c1-16-12-19(6-10-30(16)15-17-4-8-25(26,27)9-5-17)13-18-2-3-21-20(14-18)23(29-34-21)31-11-7-22(32)28-24(31)33/h2-3,14,16-17,19H,4-13,15H2,1H3,(H,28,32,33)/t16-,19-/m0/s1. The fraction of sp³-hybridized carbons (Fsp3) is 0.640. The molecule has 3 heterocycles. The molecular formula is C25H32F2N4O3. The number of carbonyl (C=O) groups is 2. The molecule has 3 aliphatic rings. The number of fused-ring (bicyclic) bond motifs is 1. The van der Waals surface area contributed by atoms with Crippen LogP contribution < -0.4 is 10.2 Å². The Morgan fingerprint density at radius 3 is 2.68 bits per heavy atom. The van der Waals surface area contributed by atoms with Crippen LogP contribution in [-0.4, -0.2) is 53.6 Å². The highest BCUT2D eigenvalue weighted by atomic mass is 19.3. The summed E-state index contributed by atoms with van der Waals surface area (Å²) in [6, 6.07) is 5.96. The van der Waals surface area contributed by atoms with Crippen LogP contribution in [0.5, 0.6) is 0 Å². The van der Waals surface area contributed by atoms with Crippen LogP contribution >= 0.6 is 0 Å². The summed E-state index contributed by atoms with van der Waals surface area (Å²) in [6.07, 6.45) is 4.65. The van der Waals surface area contributed by atoms with Crippen LogP contribution in [-0.2, 0) is 11.2 Å². The van der Waals surface area contributed by atoms with Gasteiger partial charge in [-0.2, -0.15) is 0 Å². The van der Waals surface area contributed by atoms with E-state index in [-0.39, 0.29) is 31.7 Å². The van der Waals surface area contributed by atoms with Crippen LogP contribution in [0.1, 0.15) is 57.4 Å². The molecule has 1 aliphatic carbocycles. The number of rotatable bonds is 5. The van der Waals surface area contributed by atoms with E-state index in [9.17, 15) is 18.4 Å². The van der Waals surface area contributed by atoms with Gasteiger partial charge < -0.3 is 9.42 Å². The molecule has 3 amide bonds. The molecular weight excluding hydrogens is 442 g/mol. The minimum Gasteiger partial charge on any atom is -0.354 e. The first-order valence-corrected chi connectivity index (χ1v) is 12.4. The van der Waals surface area contributed by atoms with Crippen molar-refractivity contribution in [3.63, 3.8) is 0 Å². The highest BCUT2D eigenvalue weighted by molar-refractivity contribution is 6.08. The van der Waals surface area contributed by atoms with E-state index in [0.717, 1.165) is 37.7 Å². The number of imide groups is 1. The number of hydrogen-bond donors (Lipinski definition) is 1. The lowest BCUT2D eigenvalue weighted by atomic mass is 9.83. The van der Waals surface area contributed by atoms with Crippen molar-refractivity contribution >= 4 is 28.7 Å². The third-order valence-electron chi connectivity index (χ3n) is 7.80. The molecule has 3 fully saturated rings. The summed E-state index contributed by atoms with van der Waals surface area (Å²) in [5.74, 6) is -1.37. The number of carbonyl (C=O) groups excluding carboxylic acids is 2. The van der Waals surface area contributed by atoms with Gasteiger partial charge in [-0.05, 0) is 75.1 Å². The number of urea groups is 1. The summed E-state index contributed by atoms with van der Waals surface area (Å²) >= 11 is 0. The number of likely N-dealkylation sites (tertiary alicyclic amines) is 1. The second-order valence-corrected chi connectivity index (χ2v) is 10.3. The zero-order valence-corrected chi connectivity index (χ0v) is 19.6. The molecule has 2 aliphatic heterocycles. The van der Waals surface area contributed by atoms with Crippen molar-refractivity contribution < 1.29 is 22.9 Å². The lowest BCUT2D eigenvalue weighted by Crippen LogP contribution is -2.49. The smallest absolute Gasteiger partial charge is 0.329 e. The molecule has 1 aromatic carbocycles. The Morgan fingerprint density at radius 2 is 1.94 bits per heavy atom. The maximum Gasteiger partial charge on any atom is 0.329 e. The summed E-state index contributed by atoms with van der Waals surface area (Å²) in [7, 11) is 0. The molecule has 2 aromatic rings. The highest BCUT2D eigenvalue weighted by Gasteiger charge is 2.36. The van der Waals surface area contributed by atoms with Gasteiger partial charge in [0.15, 0.2) is 11.4 Å². The van der Waals surface area contributed by atoms with E-state index >= 15 is 0 Å². The third kappa shape index (κ3) is 4.94. The Balaban J connectivity index is 1.20. The molecule has 0 radical (unpaired) electrons. The molecule has 34 heavy (non-hydrogen) atoms. The van der Waals surface area contributed by atoms with Gasteiger partial charge in [-0.15, -0.1) is 0 Å². The second kappa shape index (κ2) is 9.24. The maximum atomic E-state index is 13.5. The third-order valence-corrected chi connectivity index (χ3v) is 7.80. The molecule has 0 bridgehead atoms. The van der Waals surface area contributed by atoms with Crippen molar-refractivity contribution in [3.8, 4) is 0 Å². The van der Waals surface area contributed by atoms with Crippen LogP contribution in [0.15, 0.2) is 22.7 Å². The number of halogens is 2. The first-order chi connectivity index (χ1) is 16.3. The number of alkyl halides is 2. The monoisotopic (exact) mass is 474 g/mol. The fourth-order valence-corrected chi connectivity index (χ4v) is 5.78. The molecule has 1 N–H and O–H groups in total. The number of anilines is 1. The summed E-state index contributed by atoms with van der Waals surface area (Å²) in [6.45, 7) is 4.47. The molecule has 5 rings (SSSR count). The Bertz CT molecular complexity index is 1060. The van der Waals surface area contributed by atoms with Gasteiger partial charge in [0.05, 0.1) is 5.39 Å². The van der Waals surface area contributed by atoms with E-state index in [0.29, 0.717) is 42.1 Å². The zero-order valence-electron chi connectivity index (χ0n) is 19.6. The average Bonchev–Trinajstić information content (AvgIpc) is 3.20. The lowest BCUT2D eigenvalue weighted by molar-refractivity contribution is -0.120. The topological polar surface area (TPSA) is 78.7 Å². The molecule has 184 valence electrons. The van der Waals surface area contributed by atoms with Gasteiger partial charge in [0, 0.05) is 38.4 Å². The molecule has 2 saturated heterocycles. The number of aromatic nitrogens is 1.